The maximum absolute atomic E-state index is 10.2. The first-order chi connectivity index (χ1) is 8.47. The third-order valence-electron chi connectivity index (χ3n) is 1.93. The Bertz CT molecular complexity index is 366. The van der Waals surface area contributed by atoms with E-state index in [2.05, 4.69) is 9.47 Å². The quantitative estimate of drug-likeness (QED) is 0.846. The Balaban J connectivity index is 0.000000360. The van der Waals surface area contributed by atoms with Gasteiger partial charge in [-0.05, 0) is 12.5 Å². The third-order valence-corrected chi connectivity index (χ3v) is 1.93. The number of methoxy groups -OCH3 is 1. The second-order valence-corrected chi connectivity index (χ2v) is 3.31. The lowest BCUT2D eigenvalue weighted by Gasteiger charge is -1.99. The largest absolute Gasteiger partial charge is 0.479 e. The number of nitrogens with two attached hydrogens (primary N) is 1. The average Bonchev–Trinajstić information content (AvgIpc) is 2.37. The highest BCUT2D eigenvalue weighted by molar-refractivity contribution is 5.71. The van der Waals surface area contributed by atoms with Gasteiger partial charge in [0.25, 0.3) is 0 Å². The van der Waals surface area contributed by atoms with Gasteiger partial charge in [-0.3, -0.25) is 0 Å². The molecular formula is C12H17NO5. The summed E-state index contributed by atoms with van der Waals surface area (Å²) in [5, 5.41) is 8.06. The first-order valence-electron chi connectivity index (χ1n) is 5.19. The predicted molar refractivity (Wildman–Crippen MR) is 64.9 cm³/mol. The topological polar surface area (TPSA) is 98.9 Å². The van der Waals surface area contributed by atoms with E-state index in [1.165, 1.54) is 14.0 Å². The van der Waals surface area contributed by atoms with Crippen molar-refractivity contribution in [2.45, 2.75) is 19.6 Å². The molecule has 6 heteroatoms. The van der Waals surface area contributed by atoms with Crippen molar-refractivity contribution in [2.24, 2.45) is 5.73 Å². The Hall–Kier alpha value is -2.08. The molecule has 1 amide bonds. The summed E-state index contributed by atoms with van der Waals surface area (Å²) in [4.78, 5) is 20.0. The minimum atomic E-state index is -0.928. The van der Waals surface area contributed by atoms with Crippen molar-refractivity contribution in [3.63, 3.8) is 0 Å². The summed E-state index contributed by atoms with van der Waals surface area (Å²) in [6.07, 6.45) is -1.42. The molecular weight excluding hydrogens is 238 g/mol. The van der Waals surface area contributed by atoms with E-state index in [4.69, 9.17) is 10.8 Å². The summed E-state index contributed by atoms with van der Waals surface area (Å²) in [6, 6.07) is 9.37. The Morgan fingerprint density at radius 2 is 1.89 bits per heavy atom. The minimum Gasteiger partial charge on any atom is -0.479 e. The highest BCUT2D eigenvalue weighted by Gasteiger charge is 2.06. The molecule has 100 valence electrons. The number of primary amides is 1. The van der Waals surface area contributed by atoms with E-state index in [0.29, 0.717) is 0 Å². The van der Waals surface area contributed by atoms with Crippen LogP contribution in [0.3, 0.4) is 0 Å². The number of ether oxygens (including phenoxy) is 2. The van der Waals surface area contributed by atoms with E-state index in [9.17, 15) is 9.59 Å². The molecule has 0 heterocycles. The molecule has 1 atom stereocenters. The summed E-state index contributed by atoms with van der Waals surface area (Å²) in [6.45, 7) is 1.72. The molecule has 6 nitrogen and oxygen atoms in total. The number of amides is 1. The van der Waals surface area contributed by atoms with Crippen LogP contribution in [0.15, 0.2) is 30.3 Å². The molecule has 0 spiro atoms. The Morgan fingerprint density at radius 3 is 2.22 bits per heavy atom. The lowest BCUT2D eigenvalue weighted by Crippen LogP contribution is -2.17. The molecule has 0 saturated carbocycles. The number of carboxylic acids is 1. The molecule has 0 saturated heterocycles. The van der Waals surface area contributed by atoms with Crippen LogP contribution < -0.4 is 5.73 Å². The Morgan fingerprint density at radius 1 is 1.33 bits per heavy atom. The summed E-state index contributed by atoms with van der Waals surface area (Å²) >= 11 is 0. The zero-order valence-corrected chi connectivity index (χ0v) is 10.3. The fourth-order valence-electron chi connectivity index (χ4n) is 0.830. The molecule has 0 aliphatic rings. The van der Waals surface area contributed by atoms with E-state index in [0.717, 1.165) is 5.56 Å². The molecule has 1 rings (SSSR count). The lowest BCUT2D eigenvalue weighted by molar-refractivity contribution is -0.147. The van der Waals surface area contributed by atoms with Crippen molar-refractivity contribution < 1.29 is 24.2 Å². The normalized spacial score (nSPS) is 10.8. The van der Waals surface area contributed by atoms with Crippen molar-refractivity contribution in [1.82, 2.24) is 0 Å². The maximum Gasteiger partial charge on any atom is 0.404 e. The van der Waals surface area contributed by atoms with Crippen molar-refractivity contribution in [2.75, 3.05) is 7.11 Å². The standard InChI is InChI=1S/C8H9NO2.C4H8O3/c9-8(10)11-6-7-4-2-1-3-5-7;1-3(7-2)4(5)6/h1-5H,6H2,(H2,9,10);3H,1-2H3,(H,5,6). The van der Waals surface area contributed by atoms with Crippen LogP contribution in [0.2, 0.25) is 0 Å². The molecule has 3 N–H and O–H groups in total. The van der Waals surface area contributed by atoms with Crippen LogP contribution in [-0.2, 0) is 20.9 Å². The van der Waals surface area contributed by atoms with Crippen LogP contribution in [0.4, 0.5) is 4.79 Å². The van der Waals surface area contributed by atoms with Crippen LogP contribution in [0.1, 0.15) is 12.5 Å². The van der Waals surface area contributed by atoms with E-state index < -0.39 is 18.2 Å². The fourth-order valence-corrected chi connectivity index (χ4v) is 0.830. The van der Waals surface area contributed by atoms with Crippen molar-refractivity contribution in [3.05, 3.63) is 35.9 Å². The van der Waals surface area contributed by atoms with Crippen LogP contribution in [-0.4, -0.2) is 30.4 Å². The molecule has 1 unspecified atom stereocenters. The average molecular weight is 255 g/mol. The second-order valence-electron chi connectivity index (χ2n) is 3.31. The van der Waals surface area contributed by atoms with Crippen molar-refractivity contribution in [1.29, 1.82) is 0 Å². The lowest BCUT2D eigenvalue weighted by atomic mass is 10.2. The summed E-state index contributed by atoms with van der Waals surface area (Å²) < 4.78 is 8.98. The smallest absolute Gasteiger partial charge is 0.404 e. The van der Waals surface area contributed by atoms with Crippen molar-refractivity contribution in [3.8, 4) is 0 Å². The molecule has 18 heavy (non-hydrogen) atoms. The fraction of sp³-hybridized carbons (Fsp3) is 0.333. The van der Waals surface area contributed by atoms with E-state index in [1.807, 2.05) is 30.3 Å². The van der Waals surface area contributed by atoms with Gasteiger partial charge >= 0.3 is 12.1 Å². The SMILES string of the molecule is COC(C)C(=O)O.NC(=O)OCc1ccccc1. The molecule has 1 aromatic carbocycles. The van der Waals surface area contributed by atoms with Gasteiger partial charge in [0.15, 0.2) is 6.10 Å². The van der Waals surface area contributed by atoms with Gasteiger partial charge in [-0.15, -0.1) is 0 Å². The number of carbonyl (C=O) groups excluding carboxylic acids is 1. The van der Waals surface area contributed by atoms with Gasteiger partial charge in [-0.2, -0.15) is 0 Å². The summed E-state index contributed by atoms with van der Waals surface area (Å²) in [7, 11) is 1.36. The first-order valence-corrected chi connectivity index (χ1v) is 5.19. The van der Waals surface area contributed by atoms with Crippen LogP contribution in [0.5, 0.6) is 0 Å². The number of benzene rings is 1. The minimum absolute atomic E-state index is 0.246. The van der Waals surface area contributed by atoms with Gasteiger partial charge in [0.2, 0.25) is 0 Å². The molecule has 0 fully saturated rings. The van der Waals surface area contributed by atoms with E-state index in [-0.39, 0.29) is 6.61 Å². The number of aliphatic carboxylic acids is 1. The zero-order chi connectivity index (χ0) is 14.0. The number of hydrogen-bond acceptors (Lipinski definition) is 4. The van der Waals surface area contributed by atoms with E-state index in [1.54, 1.807) is 0 Å². The number of hydrogen-bond donors (Lipinski definition) is 2. The zero-order valence-electron chi connectivity index (χ0n) is 10.3. The number of carboxylic acid groups (broad SMARTS) is 1. The van der Waals surface area contributed by atoms with Crippen molar-refractivity contribution >= 4 is 12.1 Å². The summed E-state index contributed by atoms with van der Waals surface area (Å²) in [5.74, 6) is -0.928. The molecule has 0 radical (unpaired) electrons. The third kappa shape index (κ3) is 8.12. The highest BCUT2D eigenvalue weighted by Crippen LogP contribution is 1.99. The molecule has 0 aromatic heterocycles. The summed E-state index contributed by atoms with van der Waals surface area (Å²) in [5.41, 5.74) is 5.72. The monoisotopic (exact) mass is 255 g/mol. The molecule has 1 aromatic rings. The Labute approximate surface area is 105 Å². The second kappa shape index (κ2) is 9.00. The molecule has 0 bridgehead atoms. The van der Waals surface area contributed by atoms with Gasteiger partial charge < -0.3 is 20.3 Å². The van der Waals surface area contributed by atoms with Crippen LogP contribution in [0.25, 0.3) is 0 Å². The van der Waals surface area contributed by atoms with E-state index >= 15 is 0 Å². The highest BCUT2D eigenvalue weighted by atomic mass is 16.5. The van der Waals surface area contributed by atoms with Gasteiger partial charge in [0.1, 0.15) is 6.61 Å². The predicted octanol–water partition coefficient (Wildman–Crippen LogP) is 1.39. The van der Waals surface area contributed by atoms with Gasteiger partial charge in [-0.1, -0.05) is 30.3 Å². The van der Waals surface area contributed by atoms with Crippen LogP contribution in [0, 0.1) is 0 Å². The number of rotatable bonds is 4. The van der Waals surface area contributed by atoms with Gasteiger partial charge in [0.05, 0.1) is 0 Å². The van der Waals surface area contributed by atoms with Gasteiger partial charge in [0, 0.05) is 7.11 Å². The molecule has 0 aliphatic heterocycles. The molecule has 0 aliphatic carbocycles. The maximum atomic E-state index is 10.2. The number of carbonyl (C=O) groups is 2. The Kier molecular flexibility index (Phi) is 7.96. The van der Waals surface area contributed by atoms with Gasteiger partial charge in [-0.25, -0.2) is 9.59 Å². The van der Waals surface area contributed by atoms with Crippen LogP contribution >= 0.6 is 0 Å². The first kappa shape index (κ1) is 15.9.